The van der Waals surface area contributed by atoms with Crippen LogP contribution in [0.1, 0.15) is 23.8 Å². The van der Waals surface area contributed by atoms with E-state index in [0.29, 0.717) is 18.0 Å². The number of benzene rings is 1. The Morgan fingerprint density at radius 2 is 2.23 bits per heavy atom. The fourth-order valence-corrected chi connectivity index (χ4v) is 1.72. The van der Waals surface area contributed by atoms with Crippen LogP contribution in [-0.4, -0.2) is 45.2 Å². The van der Waals surface area contributed by atoms with Gasteiger partial charge in [-0.05, 0) is 24.6 Å². The Bertz CT molecular complexity index is 668. The molecule has 22 heavy (non-hydrogen) atoms. The van der Waals surface area contributed by atoms with Crippen LogP contribution in [0.4, 0.5) is 5.69 Å². The Hall–Kier alpha value is -2.74. The number of carboxylic acid groups (broad SMARTS) is 1. The van der Waals surface area contributed by atoms with Crippen LogP contribution in [0.5, 0.6) is 0 Å². The first kappa shape index (κ1) is 15.6. The van der Waals surface area contributed by atoms with Crippen molar-refractivity contribution in [3.05, 3.63) is 36.2 Å². The van der Waals surface area contributed by atoms with Crippen molar-refractivity contribution in [3.63, 3.8) is 0 Å². The minimum Gasteiger partial charge on any atom is -0.476 e. The van der Waals surface area contributed by atoms with Gasteiger partial charge in [0.05, 0.1) is 11.9 Å². The van der Waals surface area contributed by atoms with Gasteiger partial charge in [0.1, 0.15) is 6.61 Å². The van der Waals surface area contributed by atoms with Crippen molar-refractivity contribution in [2.45, 2.75) is 13.3 Å². The first-order valence-corrected chi connectivity index (χ1v) is 6.74. The van der Waals surface area contributed by atoms with Gasteiger partial charge in [-0.25, -0.2) is 9.48 Å². The molecular weight excluding hydrogens is 288 g/mol. The van der Waals surface area contributed by atoms with E-state index < -0.39 is 5.97 Å². The number of hydrogen-bond donors (Lipinski definition) is 2. The summed E-state index contributed by atoms with van der Waals surface area (Å²) in [5, 5.41) is 18.8. The van der Waals surface area contributed by atoms with Gasteiger partial charge in [-0.15, -0.1) is 5.10 Å². The van der Waals surface area contributed by atoms with Crippen LogP contribution in [0, 0.1) is 0 Å². The lowest BCUT2D eigenvalue weighted by Crippen LogP contribution is -2.18. The molecule has 0 saturated heterocycles. The number of hydrogen-bond acceptors (Lipinski definition) is 5. The second-order valence-corrected chi connectivity index (χ2v) is 4.50. The smallest absolute Gasteiger partial charge is 0.358 e. The van der Waals surface area contributed by atoms with Gasteiger partial charge in [0, 0.05) is 12.3 Å². The lowest BCUT2D eigenvalue weighted by atomic mass is 10.2. The third-order valence-electron chi connectivity index (χ3n) is 2.69. The molecule has 1 heterocycles. The van der Waals surface area contributed by atoms with Crippen LogP contribution in [-0.2, 0) is 9.53 Å². The summed E-state index contributed by atoms with van der Waals surface area (Å²) in [6, 6.07) is 6.83. The van der Waals surface area contributed by atoms with E-state index in [-0.39, 0.29) is 18.2 Å². The molecule has 0 fully saturated rings. The van der Waals surface area contributed by atoms with Crippen molar-refractivity contribution in [3.8, 4) is 5.69 Å². The highest BCUT2D eigenvalue weighted by Crippen LogP contribution is 2.14. The SMILES string of the molecule is CCCOCC(=O)Nc1cccc(-n2cc(C(=O)O)nn2)c1. The molecule has 2 aromatic rings. The zero-order valence-corrected chi connectivity index (χ0v) is 12.0. The molecule has 1 amide bonds. The molecule has 0 atom stereocenters. The first-order valence-electron chi connectivity index (χ1n) is 6.74. The number of nitrogens with zero attached hydrogens (tertiary/aromatic N) is 3. The van der Waals surface area contributed by atoms with Crippen LogP contribution in [0.3, 0.4) is 0 Å². The molecule has 116 valence electrons. The second-order valence-electron chi connectivity index (χ2n) is 4.50. The van der Waals surface area contributed by atoms with E-state index in [1.165, 1.54) is 10.9 Å². The number of carboxylic acids is 1. The topological polar surface area (TPSA) is 106 Å². The van der Waals surface area contributed by atoms with Crippen LogP contribution < -0.4 is 5.32 Å². The molecular formula is C14H16N4O4. The highest BCUT2D eigenvalue weighted by Gasteiger charge is 2.10. The lowest BCUT2D eigenvalue weighted by Gasteiger charge is -2.07. The largest absolute Gasteiger partial charge is 0.476 e. The third kappa shape index (κ3) is 4.13. The van der Waals surface area contributed by atoms with Crippen LogP contribution in [0.25, 0.3) is 5.69 Å². The lowest BCUT2D eigenvalue weighted by molar-refractivity contribution is -0.120. The van der Waals surface area contributed by atoms with E-state index in [0.717, 1.165) is 6.42 Å². The predicted molar refractivity (Wildman–Crippen MR) is 78.1 cm³/mol. The second kappa shape index (κ2) is 7.32. The number of ether oxygens (including phenoxy) is 1. The van der Waals surface area contributed by atoms with Crippen molar-refractivity contribution in [2.24, 2.45) is 0 Å². The van der Waals surface area contributed by atoms with Gasteiger partial charge < -0.3 is 15.2 Å². The van der Waals surface area contributed by atoms with E-state index in [9.17, 15) is 9.59 Å². The summed E-state index contributed by atoms with van der Waals surface area (Å²) in [6.45, 7) is 2.49. The van der Waals surface area contributed by atoms with Crippen LogP contribution >= 0.6 is 0 Å². The summed E-state index contributed by atoms with van der Waals surface area (Å²) in [6.07, 6.45) is 2.15. The summed E-state index contributed by atoms with van der Waals surface area (Å²) < 4.78 is 6.48. The Kier molecular flexibility index (Phi) is 5.21. The molecule has 0 saturated carbocycles. The van der Waals surface area contributed by atoms with Crippen molar-refractivity contribution in [1.82, 2.24) is 15.0 Å². The van der Waals surface area contributed by atoms with Gasteiger partial charge in [-0.3, -0.25) is 4.79 Å². The number of aromatic carboxylic acids is 1. The minimum absolute atomic E-state index is 0.00937. The Morgan fingerprint density at radius 3 is 2.91 bits per heavy atom. The van der Waals surface area contributed by atoms with Crippen molar-refractivity contribution >= 4 is 17.6 Å². The van der Waals surface area contributed by atoms with Gasteiger partial charge >= 0.3 is 5.97 Å². The average Bonchev–Trinajstić information content (AvgIpc) is 2.98. The van der Waals surface area contributed by atoms with Gasteiger partial charge in [0.15, 0.2) is 5.69 Å². The molecule has 0 bridgehead atoms. The maximum absolute atomic E-state index is 11.7. The molecule has 0 aliphatic rings. The quantitative estimate of drug-likeness (QED) is 0.747. The molecule has 2 rings (SSSR count). The van der Waals surface area contributed by atoms with Gasteiger partial charge in [-0.1, -0.05) is 18.2 Å². The molecule has 1 aromatic heterocycles. The highest BCUT2D eigenvalue weighted by atomic mass is 16.5. The molecule has 1 aromatic carbocycles. The third-order valence-corrected chi connectivity index (χ3v) is 2.69. The Balaban J connectivity index is 2.06. The molecule has 0 unspecified atom stereocenters. The molecule has 0 spiro atoms. The summed E-state index contributed by atoms with van der Waals surface area (Å²) in [7, 11) is 0. The number of carbonyl (C=O) groups is 2. The van der Waals surface area contributed by atoms with E-state index >= 15 is 0 Å². The monoisotopic (exact) mass is 304 g/mol. The number of amides is 1. The summed E-state index contributed by atoms with van der Waals surface area (Å²) in [5.74, 6) is -1.40. The maximum atomic E-state index is 11.7. The fraction of sp³-hybridized carbons (Fsp3) is 0.286. The van der Waals surface area contributed by atoms with E-state index in [1.54, 1.807) is 24.3 Å². The standard InChI is InChI=1S/C14H16N4O4/c1-2-6-22-9-13(19)15-10-4-3-5-11(7-10)18-8-12(14(20)21)16-17-18/h3-5,7-8H,2,6,9H2,1H3,(H,15,19)(H,20,21). The van der Waals surface area contributed by atoms with Crippen LogP contribution in [0.2, 0.25) is 0 Å². The maximum Gasteiger partial charge on any atom is 0.358 e. The van der Waals surface area contributed by atoms with Gasteiger partial charge in [-0.2, -0.15) is 0 Å². The summed E-state index contributed by atoms with van der Waals surface area (Å²) >= 11 is 0. The minimum atomic E-state index is -1.15. The zero-order valence-electron chi connectivity index (χ0n) is 12.0. The van der Waals surface area contributed by atoms with E-state index in [2.05, 4.69) is 15.6 Å². The van der Waals surface area contributed by atoms with Gasteiger partial charge in [0.2, 0.25) is 5.91 Å². The predicted octanol–water partition coefficient (Wildman–Crippen LogP) is 1.33. The van der Waals surface area contributed by atoms with Crippen molar-refractivity contribution in [2.75, 3.05) is 18.5 Å². The summed E-state index contributed by atoms with van der Waals surface area (Å²) in [4.78, 5) is 22.5. The van der Waals surface area contributed by atoms with E-state index in [1.807, 2.05) is 6.92 Å². The Morgan fingerprint density at radius 1 is 1.41 bits per heavy atom. The number of carbonyl (C=O) groups excluding carboxylic acids is 1. The number of anilines is 1. The zero-order chi connectivity index (χ0) is 15.9. The highest BCUT2D eigenvalue weighted by molar-refractivity contribution is 5.92. The van der Waals surface area contributed by atoms with Crippen LogP contribution in [0.15, 0.2) is 30.5 Å². The average molecular weight is 304 g/mol. The normalized spacial score (nSPS) is 10.4. The molecule has 2 N–H and O–H groups in total. The molecule has 0 radical (unpaired) electrons. The molecule has 0 aliphatic carbocycles. The molecule has 8 nitrogen and oxygen atoms in total. The Labute approximate surface area is 126 Å². The van der Waals surface area contributed by atoms with Crippen molar-refractivity contribution in [1.29, 1.82) is 0 Å². The molecule has 8 heteroatoms. The van der Waals surface area contributed by atoms with Gasteiger partial charge in [0.25, 0.3) is 0 Å². The number of aromatic nitrogens is 3. The fourth-order valence-electron chi connectivity index (χ4n) is 1.72. The number of rotatable bonds is 7. The molecule has 0 aliphatic heterocycles. The summed E-state index contributed by atoms with van der Waals surface area (Å²) in [5.41, 5.74) is 1.00. The van der Waals surface area contributed by atoms with Crippen molar-refractivity contribution < 1.29 is 19.4 Å². The van der Waals surface area contributed by atoms with E-state index in [4.69, 9.17) is 9.84 Å². The first-order chi connectivity index (χ1) is 10.6. The number of nitrogens with one attached hydrogen (secondary N) is 1.